The lowest BCUT2D eigenvalue weighted by Crippen LogP contribution is -2.50. The van der Waals surface area contributed by atoms with Gasteiger partial charge in [-0.05, 0) is 18.2 Å². The number of nitrogens with zero attached hydrogens (tertiary/aromatic N) is 6. The second-order valence-corrected chi connectivity index (χ2v) is 8.44. The van der Waals surface area contributed by atoms with Crippen LogP contribution in [0.5, 0.6) is 0 Å². The van der Waals surface area contributed by atoms with Gasteiger partial charge in [0.2, 0.25) is 11.9 Å². The molecular formula is C26H23F3N6O. The highest BCUT2D eigenvalue weighted by molar-refractivity contribution is 5.78. The Morgan fingerprint density at radius 2 is 1.56 bits per heavy atom. The van der Waals surface area contributed by atoms with E-state index < -0.39 is 11.7 Å². The van der Waals surface area contributed by atoms with Crippen LogP contribution in [0.15, 0.2) is 79.3 Å². The lowest BCUT2D eigenvalue weighted by atomic mass is 10.1. The molecule has 0 N–H and O–H groups in total. The number of imidazole rings is 1. The summed E-state index contributed by atoms with van der Waals surface area (Å²) in [6, 6.07) is 16.1. The van der Waals surface area contributed by atoms with Crippen molar-refractivity contribution >= 4 is 11.9 Å². The summed E-state index contributed by atoms with van der Waals surface area (Å²) in [6.07, 6.45) is 0.561. The highest BCUT2D eigenvalue weighted by Gasteiger charge is 2.31. The van der Waals surface area contributed by atoms with E-state index in [4.69, 9.17) is 0 Å². The van der Waals surface area contributed by atoms with Crippen molar-refractivity contribution in [2.45, 2.75) is 12.7 Å². The van der Waals surface area contributed by atoms with E-state index in [-0.39, 0.29) is 12.5 Å². The van der Waals surface area contributed by atoms with E-state index in [2.05, 4.69) is 15.0 Å². The summed E-state index contributed by atoms with van der Waals surface area (Å²) in [4.78, 5) is 30.2. The lowest BCUT2D eigenvalue weighted by Gasteiger charge is -2.34. The van der Waals surface area contributed by atoms with Gasteiger partial charge >= 0.3 is 6.18 Å². The van der Waals surface area contributed by atoms with E-state index in [1.165, 1.54) is 6.07 Å². The number of hydrogen-bond donors (Lipinski definition) is 0. The van der Waals surface area contributed by atoms with Crippen molar-refractivity contribution in [3.63, 3.8) is 0 Å². The fourth-order valence-corrected chi connectivity index (χ4v) is 4.20. The van der Waals surface area contributed by atoms with Gasteiger partial charge in [-0.3, -0.25) is 4.79 Å². The van der Waals surface area contributed by atoms with Crippen molar-refractivity contribution in [1.82, 2.24) is 24.4 Å². The number of carbonyl (C=O) groups is 1. The second kappa shape index (κ2) is 9.80. The standard InChI is InChI=1S/C26H23F3N6O/c27-26(28,29)21-9-4-8-20(16-21)22-17-35(24(32-22)19-6-2-1-3-7-19)18-23(36)33-12-14-34(15-13-33)25-30-10-5-11-31-25/h1-11,16-17H,12-15,18H2. The third-order valence-corrected chi connectivity index (χ3v) is 6.07. The molecule has 7 nitrogen and oxygen atoms in total. The van der Waals surface area contributed by atoms with Crippen molar-refractivity contribution in [2.24, 2.45) is 0 Å². The quantitative estimate of drug-likeness (QED) is 0.414. The zero-order chi connectivity index (χ0) is 25.1. The molecule has 0 aliphatic carbocycles. The maximum Gasteiger partial charge on any atom is 0.416 e. The first-order valence-corrected chi connectivity index (χ1v) is 11.5. The smallest absolute Gasteiger partial charge is 0.338 e. The molecule has 3 heterocycles. The van der Waals surface area contributed by atoms with Gasteiger partial charge in [0, 0.05) is 55.9 Å². The summed E-state index contributed by atoms with van der Waals surface area (Å²) in [5.41, 5.74) is 0.741. The van der Waals surface area contributed by atoms with Crippen molar-refractivity contribution in [1.29, 1.82) is 0 Å². The summed E-state index contributed by atoms with van der Waals surface area (Å²) in [7, 11) is 0. The van der Waals surface area contributed by atoms with Gasteiger partial charge in [0.25, 0.3) is 0 Å². The molecule has 36 heavy (non-hydrogen) atoms. The van der Waals surface area contributed by atoms with Gasteiger partial charge < -0.3 is 14.4 Å². The van der Waals surface area contributed by atoms with Crippen LogP contribution in [-0.2, 0) is 17.5 Å². The molecule has 0 spiro atoms. The zero-order valence-corrected chi connectivity index (χ0v) is 19.3. The van der Waals surface area contributed by atoms with Crippen LogP contribution in [0.25, 0.3) is 22.6 Å². The molecule has 1 aliphatic heterocycles. The summed E-state index contributed by atoms with van der Waals surface area (Å²) in [5.74, 6) is 1.07. The average molecular weight is 493 g/mol. The SMILES string of the molecule is O=C(Cn1cc(-c2cccc(C(F)(F)F)c2)nc1-c1ccccc1)N1CCN(c2ncccn2)CC1. The molecule has 0 unspecified atom stereocenters. The van der Waals surface area contributed by atoms with Crippen LogP contribution in [0, 0.1) is 0 Å². The van der Waals surface area contributed by atoms with Crippen molar-refractivity contribution in [3.05, 3.63) is 84.8 Å². The van der Waals surface area contributed by atoms with Gasteiger partial charge in [-0.25, -0.2) is 15.0 Å². The van der Waals surface area contributed by atoms with Crippen LogP contribution < -0.4 is 4.90 Å². The Labute approximate surface area is 205 Å². The summed E-state index contributed by atoms with van der Waals surface area (Å²) < 4.78 is 41.5. The molecule has 0 saturated carbocycles. The molecule has 2 aromatic carbocycles. The van der Waals surface area contributed by atoms with Gasteiger partial charge in [-0.15, -0.1) is 0 Å². The second-order valence-electron chi connectivity index (χ2n) is 8.44. The third kappa shape index (κ3) is 5.07. The molecule has 2 aromatic heterocycles. The lowest BCUT2D eigenvalue weighted by molar-refractivity contribution is -0.137. The summed E-state index contributed by atoms with van der Waals surface area (Å²) >= 11 is 0. The topological polar surface area (TPSA) is 67.2 Å². The highest BCUT2D eigenvalue weighted by Crippen LogP contribution is 2.33. The van der Waals surface area contributed by atoms with Crippen molar-refractivity contribution in [3.8, 4) is 22.6 Å². The Hall–Kier alpha value is -4.21. The number of rotatable bonds is 5. The largest absolute Gasteiger partial charge is 0.416 e. The zero-order valence-electron chi connectivity index (χ0n) is 19.3. The molecule has 4 aromatic rings. The van der Waals surface area contributed by atoms with Crippen molar-refractivity contribution < 1.29 is 18.0 Å². The fraction of sp³-hybridized carbons (Fsp3) is 0.231. The summed E-state index contributed by atoms with van der Waals surface area (Å²) in [6.45, 7) is 2.29. The Morgan fingerprint density at radius 3 is 2.25 bits per heavy atom. The first-order chi connectivity index (χ1) is 17.4. The molecule has 1 amide bonds. The number of amides is 1. The van der Waals surface area contributed by atoms with Gasteiger partial charge in [0.15, 0.2) is 0 Å². The molecule has 0 radical (unpaired) electrons. The number of hydrogen-bond acceptors (Lipinski definition) is 5. The van der Waals surface area contributed by atoms with E-state index in [9.17, 15) is 18.0 Å². The molecule has 5 rings (SSSR count). The fourth-order valence-electron chi connectivity index (χ4n) is 4.20. The number of anilines is 1. The predicted octanol–water partition coefficient (Wildman–Crippen LogP) is 4.37. The Morgan fingerprint density at radius 1 is 0.861 bits per heavy atom. The van der Waals surface area contributed by atoms with Crippen LogP contribution in [0.1, 0.15) is 5.56 Å². The molecule has 1 saturated heterocycles. The predicted molar refractivity (Wildman–Crippen MR) is 129 cm³/mol. The Balaban J connectivity index is 1.38. The number of piperazine rings is 1. The van der Waals surface area contributed by atoms with E-state index >= 15 is 0 Å². The van der Waals surface area contributed by atoms with Crippen LogP contribution in [-0.4, -0.2) is 56.5 Å². The molecule has 0 bridgehead atoms. The minimum Gasteiger partial charge on any atom is -0.338 e. The minimum absolute atomic E-state index is 0.0258. The molecule has 1 aliphatic rings. The third-order valence-electron chi connectivity index (χ3n) is 6.07. The average Bonchev–Trinajstić information content (AvgIpc) is 3.33. The first-order valence-electron chi connectivity index (χ1n) is 11.5. The van der Waals surface area contributed by atoms with Gasteiger partial charge in [0.1, 0.15) is 12.4 Å². The summed E-state index contributed by atoms with van der Waals surface area (Å²) in [5, 5.41) is 0. The van der Waals surface area contributed by atoms with Gasteiger partial charge in [-0.1, -0.05) is 42.5 Å². The number of carbonyl (C=O) groups excluding carboxylic acids is 1. The Bertz CT molecular complexity index is 1330. The van der Waals surface area contributed by atoms with Crippen LogP contribution in [0.3, 0.4) is 0 Å². The van der Waals surface area contributed by atoms with E-state index in [0.717, 1.165) is 17.7 Å². The molecule has 10 heteroatoms. The molecule has 0 atom stereocenters. The number of aromatic nitrogens is 4. The van der Waals surface area contributed by atoms with Crippen LogP contribution >= 0.6 is 0 Å². The van der Waals surface area contributed by atoms with E-state index in [1.807, 2.05) is 35.2 Å². The number of halogens is 3. The molecular weight excluding hydrogens is 469 g/mol. The Kier molecular flexibility index (Phi) is 6.41. The minimum atomic E-state index is -4.45. The van der Waals surface area contributed by atoms with Crippen LogP contribution in [0.4, 0.5) is 19.1 Å². The van der Waals surface area contributed by atoms with E-state index in [0.29, 0.717) is 49.2 Å². The van der Waals surface area contributed by atoms with Crippen LogP contribution in [0.2, 0.25) is 0 Å². The first kappa shape index (κ1) is 23.5. The number of alkyl halides is 3. The van der Waals surface area contributed by atoms with E-state index in [1.54, 1.807) is 40.2 Å². The monoisotopic (exact) mass is 492 g/mol. The normalized spacial score (nSPS) is 14.2. The molecule has 184 valence electrons. The number of benzene rings is 2. The maximum absolute atomic E-state index is 13.3. The maximum atomic E-state index is 13.3. The van der Waals surface area contributed by atoms with Gasteiger partial charge in [-0.2, -0.15) is 13.2 Å². The highest BCUT2D eigenvalue weighted by atomic mass is 19.4. The van der Waals surface area contributed by atoms with Gasteiger partial charge in [0.05, 0.1) is 11.3 Å². The molecule has 1 fully saturated rings. The van der Waals surface area contributed by atoms with Crippen molar-refractivity contribution in [2.75, 3.05) is 31.1 Å².